The number of benzene rings is 1. The van der Waals surface area contributed by atoms with Crippen LogP contribution in [-0.4, -0.2) is 30.7 Å². The maximum absolute atomic E-state index is 13.7. The zero-order valence-corrected chi connectivity index (χ0v) is 16.3. The van der Waals surface area contributed by atoms with Crippen LogP contribution in [0.15, 0.2) is 27.9 Å². The number of halogens is 1. The first-order chi connectivity index (χ1) is 13.2. The zero-order chi connectivity index (χ0) is 18.8. The Morgan fingerprint density at radius 2 is 2.15 bits per heavy atom. The van der Waals surface area contributed by atoms with Gasteiger partial charge in [-0.1, -0.05) is 29.1 Å². The molecule has 142 valence electrons. The predicted molar refractivity (Wildman–Crippen MR) is 101 cm³/mol. The van der Waals surface area contributed by atoms with Crippen molar-refractivity contribution in [2.24, 2.45) is 0 Å². The van der Waals surface area contributed by atoms with Gasteiger partial charge >= 0.3 is 0 Å². The smallest absolute Gasteiger partial charge is 0.226 e. The number of hydrogen-bond donors (Lipinski definition) is 0. The van der Waals surface area contributed by atoms with E-state index in [1.165, 1.54) is 18.9 Å². The first-order valence-corrected chi connectivity index (χ1v) is 10.3. The van der Waals surface area contributed by atoms with Gasteiger partial charge in [-0.05, 0) is 44.7 Å². The molecule has 1 aliphatic carbocycles. The van der Waals surface area contributed by atoms with Gasteiger partial charge in [0.1, 0.15) is 11.6 Å². The van der Waals surface area contributed by atoms with Crippen LogP contribution in [0.4, 0.5) is 4.39 Å². The van der Waals surface area contributed by atoms with Crippen LogP contribution in [0.3, 0.4) is 0 Å². The maximum Gasteiger partial charge on any atom is 0.226 e. The van der Waals surface area contributed by atoms with Gasteiger partial charge in [-0.2, -0.15) is 4.98 Å². The van der Waals surface area contributed by atoms with Crippen LogP contribution >= 0.6 is 11.8 Å². The summed E-state index contributed by atoms with van der Waals surface area (Å²) in [5.74, 6) is 3.38. The lowest BCUT2D eigenvalue weighted by Gasteiger charge is -2.05. The summed E-state index contributed by atoms with van der Waals surface area (Å²) >= 11 is 1.71. The lowest BCUT2D eigenvalue weighted by Crippen LogP contribution is -2.02. The molecular weight excluding hydrogens is 365 g/mol. The molecule has 0 N–H and O–H groups in total. The fourth-order valence-corrected chi connectivity index (χ4v) is 3.89. The summed E-state index contributed by atoms with van der Waals surface area (Å²) in [5, 5.41) is 13.6. The Kier molecular flexibility index (Phi) is 5.24. The van der Waals surface area contributed by atoms with E-state index in [0.29, 0.717) is 35.2 Å². The highest BCUT2D eigenvalue weighted by atomic mass is 32.2. The van der Waals surface area contributed by atoms with Crippen molar-refractivity contribution in [2.45, 2.75) is 57.1 Å². The van der Waals surface area contributed by atoms with Gasteiger partial charge in [-0.3, -0.25) is 0 Å². The van der Waals surface area contributed by atoms with E-state index in [2.05, 4.69) is 31.8 Å². The molecule has 1 saturated carbocycles. The van der Waals surface area contributed by atoms with E-state index in [9.17, 15) is 4.39 Å². The van der Waals surface area contributed by atoms with Crippen molar-refractivity contribution < 1.29 is 8.91 Å². The minimum atomic E-state index is -0.263. The quantitative estimate of drug-likeness (QED) is 0.421. The Labute approximate surface area is 161 Å². The Morgan fingerprint density at radius 1 is 1.30 bits per heavy atom. The lowest BCUT2D eigenvalue weighted by molar-refractivity contribution is 0.378. The molecule has 1 aromatic carbocycles. The van der Waals surface area contributed by atoms with E-state index in [1.54, 1.807) is 30.8 Å². The predicted octanol–water partition coefficient (Wildman–Crippen LogP) is 4.40. The second-order valence-electron chi connectivity index (χ2n) is 6.79. The van der Waals surface area contributed by atoms with Gasteiger partial charge in [0.25, 0.3) is 0 Å². The summed E-state index contributed by atoms with van der Waals surface area (Å²) in [7, 11) is 0. The highest BCUT2D eigenvalue weighted by Crippen LogP contribution is 2.40. The molecule has 0 amide bonds. The molecule has 3 aromatic rings. The van der Waals surface area contributed by atoms with Crippen LogP contribution in [0.1, 0.15) is 49.4 Å². The van der Waals surface area contributed by atoms with E-state index >= 15 is 0 Å². The number of nitrogens with zero attached hydrogens (tertiary/aromatic N) is 5. The molecule has 2 heterocycles. The van der Waals surface area contributed by atoms with Gasteiger partial charge < -0.3 is 9.09 Å². The molecule has 0 bridgehead atoms. The second kappa shape index (κ2) is 7.80. The van der Waals surface area contributed by atoms with Gasteiger partial charge in [-0.15, -0.1) is 10.2 Å². The Bertz CT molecular complexity index is 934. The minimum absolute atomic E-state index is 0.263. The molecule has 0 aliphatic heterocycles. The Hall–Kier alpha value is -2.22. The van der Waals surface area contributed by atoms with Gasteiger partial charge in [0, 0.05) is 30.2 Å². The van der Waals surface area contributed by atoms with Crippen molar-refractivity contribution in [1.82, 2.24) is 24.9 Å². The van der Waals surface area contributed by atoms with E-state index in [0.717, 1.165) is 29.7 Å². The number of rotatable bonds is 8. The number of thioether (sulfide) groups is 1. The SMILES string of the molecule is CCn1c(SCCCc2nc(-c3ccc(C)c(F)c3)no2)nnc1C1CC1. The zero-order valence-electron chi connectivity index (χ0n) is 15.5. The van der Waals surface area contributed by atoms with E-state index in [1.807, 2.05) is 0 Å². The molecule has 0 atom stereocenters. The molecular formula is C19H22FN5OS. The van der Waals surface area contributed by atoms with E-state index < -0.39 is 0 Å². The Morgan fingerprint density at radius 3 is 2.89 bits per heavy atom. The van der Waals surface area contributed by atoms with E-state index in [-0.39, 0.29) is 5.82 Å². The van der Waals surface area contributed by atoms with Crippen molar-refractivity contribution in [3.8, 4) is 11.4 Å². The molecule has 0 radical (unpaired) electrons. The van der Waals surface area contributed by atoms with Crippen LogP contribution < -0.4 is 0 Å². The van der Waals surface area contributed by atoms with Crippen LogP contribution in [0.25, 0.3) is 11.4 Å². The standard InChI is InChI=1S/C19H22FN5OS/c1-3-25-18(13-8-9-13)22-23-19(25)27-10-4-5-16-21-17(24-26-16)14-7-6-12(2)15(20)11-14/h6-7,11,13H,3-5,8-10H2,1-2H3. The van der Waals surface area contributed by atoms with Gasteiger partial charge in [0.05, 0.1) is 0 Å². The normalized spacial score (nSPS) is 14.0. The molecule has 2 aromatic heterocycles. The average molecular weight is 387 g/mol. The monoisotopic (exact) mass is 387 g/mol. The first-order valence-electron chi connectivity index (χ1n) is 9.30. The van der Waals surface area contributed by atoms with Crippen LogP contribution in [0, 0.1) is 12.7 Å². The summed E-state index contributed by atoms with van der Waals surface area (Å²) in [6.45, 7) is 4.76. The fraction of sp³-hybridized carbons (Fsp3) is 0.474. The number of aromatic nitrogens is 5. The third kappa shape index (κ3) is 4.05. The summed E-state index contributed by atoms with van der Waals surface area (Å²) in [6, 6.07) is 4.96. The van der Waals surface area contributed by atoms with Crippen LogP contribution in [-0.2, 0) is 13.0 Å². The van der Waals surface area contributed by atoms with Gasteiger partial charge in [0.15, 0.2) is 5.16 Å². The van der Waals surface area contributed by atoms with Crippen LogP contribution in [0.5, 0.6) is 0 Å². The fourth-order valence-electron chi connectivity index (χ4n) is 2.94. The number of aryl methyl sites for hydroxylation is 2. The van der Waals surface area contributed by atoms with E-state index in [4.69, 9.17) is 4.52 Å². The molecule has 1 fully saturated rings. The number of hydrogen-bond acceptors (Lipinski definition) is 6. The molecule has 4 rings (SSSR count). The summed E-state index contributed by atoms with van der Waals surface area (Å²) in [6.07, 6.45) is 4.04. The molecule has 6 nitrogen and oxygen atoms in total. The van der Waals surface area contributed by atoms with Crippen molar-refractivity contribution in [3.63, 3.8) is 0 Å². The summed E-state index contributed by atoms with van der Waals surface area (Å²) in [4.78, 5) is 4.38. The topological polar surface area (TPSA) is 69.6 Å². The molecule has 0 spiro atoms. The third-order valence-electron chi connectivity index (χ3n) is 4.67. The third-order valence-corrected chi connectivity index (χ3v) is 5.72. The molecule has 1 aliphatic rings. The van der Waals surface area contributed by atoms with Gasteiger partial charge in [0.2, 0.25) is 11.7 Å². The summed E-state index contributed by atoms with van der Waals surface area (Å²) in [5.41, 5.74) is 1.23. The molecule has 8 heteroatoms. The highest BCUT2D eigenvalue weighted by Gasteiger charge is 2.29. The van der Waals surface area contributed by atoms with Gasteiger partial charge in [-0.25, -0.2) is 4.39 Å². The molecule has 27 heavy (non-hydrogen) atoms. The minimum Gasteiger partial charge on any atom is -0.339 e. The largest absolute Gasteiger partial charge is 0.339 e. The molecule has 0 saturated heterocycles. The maximum atomic E-state index is 13.7. The van der Waals surface area contributed by atoms with Crippen molar-refractivity contribution in [1.29, 1.82) is 0 Å². The van der Waals surface area contributed by atoms with Crippen LogP contribution in [0.2, 0.25) is 0 Å². The Balaban J connectivity index is 1.31. The van der Waals surface area contributed by atoms with Crippen molar-refractivity contribution in [2.75, 3.05) is 5.75 Å². The second-order valence-corrected chi connectivity index (χ2v) is 7.85. The lowest BCUT2D eigenvalue weighted by atomic mass is 10.1. The highest BCUT2D eigenvalue weighted by molar-refractivity contribution is 7.99. The summed E-state index contributed by atoms with van der Waals surface area (Å²) < 4.78 is 21.2. The van der Waals surface area contributed by atoms with Crippen molar-refractivity contribution >= 4 is 11.8 Å². The first kappa shape index (κ1) is 18.2. The molecule has 0 unspecified atom stereocenters. The van der Waals surface area contributed by atoms with Crippen molar-refractivity contribution in [3.05, 3.63) is 41.3 Å². The average Bonchev–Trinajstić information content (AvgIpc) is 3.26.